The summed E-state index contributed by atoms with van der Waals surface area (Å²) < 4.78 is 0.676. The number of hydrogen-bond acceptors (Lipinski definition) is 3. The fourth-order valence-electron chi connectivity index (χ4n) is 2.75. The Balaban J connectivity index is 2.21. The number of carboxylic acid groups (broad SMARTS) is 1. The summed E-state index contributed by atoms with van der Waals surface area (Å²) in [6.07, 6.45) is 2.90. The topological polar surface area (TPSA) is 86.6 Å². The maximum Gasteiger partial charge on any atom is 0.311 e. The number of phenolic OH excluding ortho intramolecular Hbond substituents is 1. The molecule has 2 unspecified atom stereocenters. The maximum atomic E-state index is 12.3. The van der Waals surface area contributed by atoms with Gasteiger partial charge in [-0.15, -0.1) is 0 Å². The Kier molecular flexibility index (Phi) is 4.56. The molecular formula is C15H18BrNO4. The summed E-state index contributed by atoms with van der Waals surface area (Å²) in [5.74, 6) is -1.47. The third-order valence-corrected chi connectivity index (χ3v) is 4.70. The van der Waals surface area contributed by atoms with Gasteiger partial charge >= 0.3 is 5.97 Å². The lowest BCUT2D eigenvalue weighted by Gasteiger charge is -2.38. The van der Waals surface area contributed by atoms with Gasteiger partial charge in [0.25, 0.3) is 5.91 Å². The highest BCUT2D eigenvalue weighted by Gasteiger charge is 2.44. The molecule has 0 bridgehead atoms. The first-order valence-corrected chi connectivity index (χ1v) is 7.66. The van der Waals surface area contributed by atoms with E-state index >= 15 is 0 Å². The van der Waals surface area contributed by atoms with Gasteiger partial charge in [-0.25, -0.2) is 0 Å². The zero-order valence-electron chi connectivity index (χ0n) is 11.7. The number of carboxylic acids is 1. The number of phenols is 1. The number of benzene rings is 1. The lowest BCUT2D eigenvalue weighted by molar-refractivity contribution is -0.151. The molecule has 0 aliphatic heterocycles. The first kappa shape index (κ1) is 15.8. The number of rotatable bonds is 3. The number of nitrogens with one attached hydrogen (secondary N) is 1. The highest BCUT2D eigenvalue weighted by Crippen LogP contribution is 2.36. The van der Waals surface area contributed by atoms with Gasteiger partial charge in [0.2, 0.25) is 0 Å². The molecular weight excluding hydrogens is 338 g/mol. The van der Waals surface area contributed by atoms with Crippen LogP contribution in [-0.2, 0) is 4.79 Å². The van der Waals surface area contributed by atoms with Gasteiger partial charge in [0.05, 0.1) is 11.0 Å². The van der Waals surface area contributed by atoms with Gasteiger partial charge in [-0.2, -0.15) is 0 Å². The van der Waals surface area contributed by atoms with Crippen molar-refractivity contribution in [3.8, 4) is 5.75 Å². The highest BCUT2D eigenvalue weighted by atomic mass is 79.9. The third-order valence-electron chi connectivity index (χ3n) is 4.21. The Morgan fingerprint density at radius 2 is 2.10 bits per heavy atom. The van der Waals surface area contributed by atoms with Crippen LogP contribution < -0.4 is 5.32 Å². The Labute approximate surface area is 131 Å². The molecule has 0 spiro atoms. The van der Waals surface area contributed by atoms with Crippen LogP contribution in [0.25, 0.3) is 0 Å². The molecule has 21 heavy (non-hydrogen) atoms. The van der Waals surface area contributed by atoms with E-state index in [9.17, 15) is 19.8 Å². The molecule has 1 amide bonds. The van der Waals surface area contributed by atoms with E-state index in [1.807, 2.05) is 0 Å². The van der Waals surface area contributed by atoms with Crippen molar-refractivity contribution in [3.63, 3.8) is 0 Å². The summed E-state index contributed by atoms with van der Waals surface area (Å²) >= 11 is 3.25. The number of aromatic hydroxyl groups is 1. The molecule has 3 N–H and O–H groups in total. The Hall–Kier alpha value is -1.56. The largest absolute Gasteiger partial charge is 0.507 e. The van der Waals surface area contributed by atoms with E-state index in [0.717, 1.165) is 12.8 Å². The molecule has 1 saturated carbocycles. The van der Waals surface area contributed by atoms with Gasteiger partial charge in [0.1, 0.15) is 5.75 Å². The van der Waals surface area contributed by atoms with Crippen molar-refractivity contribution in [1.82, 2.24) is 5.32 Å². The molecule has 1 aliphatic carbocycles. The average molecular weight is 356 g/mol. The predicted molar refractivity (Wildman–Crippen MR) is 81.3 cm³/mol. The summed E-state index contributed by atoms with van der Waals surface area (Å²) in [7, 11) is 0. The predicted octanol–water partition coefficient (Wildman–Crippen LogP) is 2.92. The Morgan fingerprint density at radius 3 is 2.76 bits per heavy atom. The molecule has 0 heterocycles. The zero-order chi connectivity index (χ0) is 15.6. The van der Waals surface area contributed by atoms with Crippen LogP contribution in [-0.4, -0.2) is 28.1 Å². The Morgan fingerprint density at radius 1 is 1.38 bits per heavy atom. The minimum atomic E-state index is -0.963. The number of aliphatic carboxylic acids is 1. The van der Waals surface area contributed by atoms with Crippen LogP contribution >= 0.6 is 15.9 Å². The van der Waals surface area contributed by atoms with Gasteiger partial charge in [0, 0.05) is 10.5 Å². The van der Waals surface area contributed by atoms with Crippen molar-refractivity contribution in [2.75, 3.05) is 0 Å². The first-order chi connectivity index (χ1) is 9.84. The number of hydrogen-bond donors (Lipinski definition) is 3. The molecule has 2 atom stereocenters. The van der Waals surface area contributed by atoms with E-state index < -0.39 is 23.3 Å². The monoisotopic (exact) mass is 355 g/mol. The van der Waals surface area contributed by atoms with Crippen LogP contribution in [0.3, 0.4) is 0 Å². The molecule has 5 nitrogen and oxygen atoms in total. The molecule has 2 rings (SSSR count). The van der Waals surface area contributed by atoms with Gasteiger partial charge in [-0.1, -0.05) is 28.8 Å². The fourth-order valence-corrected chi connectivity index (χ4v) is 3.11. The van der Waals surface area contributed by atoms with Gasteiger partial charge < -0.3 is 15.5 Å². The molecule has 114 valence electrons. The number of amides is 1. The normalized spacial score (nSPS) is 25.3. The Bertz CT molecular complexity index is 575. The first-order valence-electron chi connectivity index (χ1n) is 6.87. The zero-order valence-corrected chi connectivity index (χ0v) is 13.3. The molecule has 0 saturated heterocycles. The standard InChI is InChI=1S/C15H18BrNO4/c1-15(14(20)21)7-3-2-4-12(15)17-13(19)10-8-9(16)5-6-11(10)18/h5-6,8,12,18H,2-4,7H2,1H3,(H,17,19)(H,20,21). The van der Waals surface area contributed by atoms with Gasteiger partial charge in [-0.3, -0.25) is 9.59 Å². The number of halogens is 1. The van der Waals surface area contributed by atoms with Crippen LogP contribution in [0.15, 0.2) is 22.7 Å². The SMILES string of the molecule is CC1(C(=O)O)CCCCC1NC(=O)c1cc(Br)ccc1O. The van der Waals surface area contributed by atoms with E-state index in [1.54, 1.807) is 13.0 Å². The average Bonchev–Trinajstić information content (AvgIpc) is 2.43. The van der Waals surface area contributed by atoms with Crippen molar-refractivity contribution in [2.24, 2.45) is 5.41 Å². The van der Waals surface area contributed by atoms with Crippen molar-refractivity contribution in [3.05, 3.63) is 28.2 Å². The second-order valence-electron chi connectivity index (χ2n) is 5.66. The summed E-state index contributed by atoms with van der Waals surface area (Å²) in [6, 6.07) is 4.14. The van der Waals surface area contributed by atoms with Crippen molar-refractivity contribution in [2.45, 2.75) is 38.6 Å². The van der Waals surface area contributed by atoms with E-state index in [4.69, 9.17) is 0 Å². The van der Waals surface area contributed by atoms with Crippen LogP contribution in [0.5, 0.6) is 5.75 Å². The summed E-state index contributed by atoms with van der Waals surface area (Å²) in [4.78, 5) is 23.8. The molecule has 0 radical (unpaired) electrons. The highest BCUT2D eigenvalue weighted by molar-refractivity contribution is 9.10. The second-order valence-corrected chi connectivity index (χ2v) is 6.57. The molecule has 1 aromatic carbocycles. The second kappa shape index (κ2) is 6.05. The van der Waals surface area contributed by atoms with Crippen LogP contribution in [0.1, 0.15) is 43.0 Å². The number of carbonyl (C=O) groups excluding carboxylic acids is 1. The molecule has 0 aromatic heterocycles. The quantitative estimate of drug-likeness (QED) is 0.777. The molecule has 6 heteroatoms. The van der Waals surface area contributed by atoms with Gasteiger partial charge in [-0.05, 0) is 38.0 Å². The lowest BCUT2D eigenvalue weighted by Crippen LogP contribution is -2.52. The summed E-state index contributed by atoms with van der Waals surface area (Å²) in [5, 5.41) is 22.0. The van der Waals surface area contributed by atoms with Crippen molar-refractivity contribution < 1.29 is 19.8 Å². The van der Waals surface area contributed by atoms with Crippen LogP contribution in [0.4, 0.5) is 0 Å². The van der Waals surface area contributed by atoms with Gasteiger partial charge in [0.15, 0.2) is 0 Å². The van der Waals surface area contributed by atoms with Crippen LogP contribution in [0, 0.1) is 5.41 Å². The van der Waals surface area contributed by atoms with E-state index in [0.29, 0.717) is 17.3 Å². The third kappa shape index (κ3) is 3.20. The fraction of sp³-hybridized carbons (Fsp3) is 0.467. The maximum absolute atomic E-state index is 12.3. The van der Waals surface area contributed by atoms with Crippen molar-refractivity contribution >= 4 is 27.8 Å². The van der Waals surface area contributed by atoms with E-state index in [-0.39, 0.29) is 11.3 Å². The van der Waals surface area contributed by atoms with Crippen molar-refractivity contribution in [1.29, 1.82) is 0 Å². The summed E-state index contributed by atoms with van der Waals surface area (Å²) in [5.41, 5.74) is -0.821. The van der Waals surface area contributed by atoms with E-state index in [1.165, 1.54) is 12.1 Å². The van der Waals surface area contributed by atoms with Crippen LogP contribution in [0.2, 0.25) is 0 Å². The minimum Gasteiger partial charge on any atom is -0.507 e. The smallest absolute Gasteiger partial charge is 0.311 e. The van der Waals surface area contributed by atoms with E-state index in [2.05, 4.69) is 21.2 Å². The number of carbonyl (C=O) groups is 2. The molecule has 1 fully saturated rings. The molecule has 1 aliphatic rings. The summed E-state index contributed by atoms with van der Waals surface area (Å²) in [6.45, 7) is 1.67. The minimum absolute atomic E-state index is 0.122. The lowest BCUT2D eigenvalue weighted by atomic mass is 9.71. The molecule has 1 aromatic rings.